The van der Waals surface area contributed by atoms with Gasteiger partial charge in [-0.25, -0.2) is 0 Å². The fourth-order valence-electron chi connectivity index (χ4n) is 2.49. The van der Waals surface area contributed by atoms with Gasteiger partial charge in [0, 0.05) is 11.4 Å². The van der Waals surface area contributed by atoms with Gasteiger partial charge in [-0.1, -0.05) is 40.2 Å². The molecule has 0 spiro atoms. The highest BCUT2D eigenvalue weighted by Gasteiger charge is 2.29. The van der Waals surface area contributed by atoms with Crippen molar-refractivity contribution in [1.29, 1.82) is 0 Å². The molecule has 19 heavy (non-hydrogen) atoms. The summed E-state index contributed by atoms with van der Waals surface area (Å²) in [6, 6.07) is 8.21. The predicted octanol–water partition coefficient (Wildman–Crippen LogP) is 4.65. The van der Waals surface area contributed by atoms with Crippen molar-refractivity contribution >= 4 is 15.9 Å². The molecule has 0 radical (unpaired) electrons. The van der Waals surface area contributed by atoms with Gasteiger partial charge in [0.1, 0.15) is 6.61 Å². The number of rotatable bonds is 4. The largest absolute Gasteiger partial charge is 0.411 e. The second kappa shape index (κ2) is 6.27. The van der Waals surface area contributed by atoms with E-state index in [-0.39, 0.29) is 11.4 Å². The van der Waals surface area contributed by atoms with Crippen LogP contribution >= 0.6 is 15.9 Å². The van der Waals surface area contributed by atoms with E-state index in [9.17, 15) is 13.2 Å². The van der Waals surface area contributed by atoms with Crippen LogP contribution in [-0.2, 0) is 11.2 Å². The lowest BCUT2D eigenvalue weighted by Crippen LogP contribution is -2.21. The number of hydrogen-bond acceptors (Lipinski definition) is 1. The molecule has 0 aliphatic heterocycles. The van der Waals surface area contributed by atoms with Crippen molar-refractivity contribution in [2.45, 2.75) is 30.3 Å². The average Bonchev–Trinajstić information content (AvgIpc) is 2.36. The van der Waals surface area contributed by atoms with E-state index in [4.69, 9.17) is 4.74 Å². The van der Waals surface area contributed by atoms with Crippen LogP contribution in [0.25, 0.3) is 0 Å². The standard InChI is InChI=1S/C14H16BrF3O/c15-13-11(7-8-19-9-14(16,17)18)6-5-10-3-1-2-4-12(10)13/h1-4,11,13H,5-9H2. The van der Waals surface area contributed by atoms with Crippen molar-refractivity contribution in [3.8, 4) is 0 Å². The fraction of sp³-hybridized carbons (Fsp3) is 0.571. The first-order valence-electron chi connectivity index (χ1n) is 6.34. The van der Waals surface area contributed by atoms with E-state index in [1.807, 2.05) is 12.1 Å². The van der Waals surface area contributed by atoms with Gasteiger partial charge in [-0.05, 0) is 36.3 Å². The maximum atomic E-state index is 12.0. The molecule has 0 N–H and O–H groups in total. The van der Waals surface area contributed by atoms with Crippen molar-refractivity contribution in [3.05, 3.63) is 35.4 Å². The number of fused-ring (bicyclic) bond motifs is 1. The first kappa shape index (κ1) is 14.9. The van der Waals surface area contributed by atoms with Crippen LogP contribution in [0.3, 0.4) is 0 Å². The third kappa shape index (κ3) is 4.21. The van der Waals surface area contributed by atoms with Gasteiger partial charge < -0.3 is 4.74 Å². The van der Waals surface area contributed by atoms with Crippen LogP contribution in [0.2, 0.25) is 0 Å². The lowest BCUT2D eigenvalue weighted by Gasteiger charge is -2.30. The van der Waals surface area contributed by atoms with Crippen LogP contribution in [0, 0.1) is 5.92 Å². The van der Waals surface area contributed by atoms with Gasteiger partial charge in [-0.3, -0.25) is 0 Å². The maximum Gasteiger partial charge on any atom is 0.411 e. The zero-order valence-corrected chi connectivity index (χ0v) is 12.0. The number of halogens is 4. The Morgan fingerprint density at radius 2 is 2.00 bits per heavy atom. The second-order valence-corrected chi connectivity index (χ2v) is 5.84. The predicted molar refractivity (Wildman–Crippen MR) is 71.4 cm³/mol. The molecule has 1 aliphatic rings. The molecule has 1 aromatic rings. The molecular formula is C14H16BrF3O. The molecule has 0 heterocycles. The third-order valence-electron chi connectivity index (χ3n) is 3.45. The van der Waals surface area contributed by atoms with Crippen LogP contribution in [0.1, 0.15) is 28.8 Å². The normalized spacial score (nSPS) is 23.2. The van der Waals surface area contributed by atoms with Gasteiger partial charge in [0.2, 0.25) is 0 Å². The molecule has 1 aromatic carbocycles. The number of benzene rings is 1. The molecule has 1 nitrogen and oxygen atoms in total. The molecule has 0 saturated carbocycles. The van der Waals surface area contributed by atoms with E-state index in [1.54, 1.807) is 0 Å². The second-order valence-electron chi connectivity index (χ2n) is 4.86. The Morgan fingerprint density at radius 1 is 1.26 bits per heavy atom. The van der Waals surface area contributed by atoms with E-state index in [1.165, 1.54) is 11.1 Å². The van der Waals surface area contributed by atoms with Crippen molar-refractivity contribution in [2.24, 2.45) is 5.92 Å². The van der Waals surface area contributed by atoms with Crippen LogP contribution in [-0.4, -0.2) is 19.4 Å². The van der Waals surface area contributed by atoms with E-state index in [0.717, 1.165) is 12.8 Å². The molecule has 2 rings (SSSR count). The summed E-state index contributed by atoms with van der Waals surface area (Å²) in [4.78, 5) is 0.215. The Morgan fingerprint density at radius 3 is 2.74 bits per heavy atom. The molecule has 0 amide bonds. The van der Waals surface area contributed by atoms with Crippen LogP contribution in [0.4, 0.5) is 13.2 Å². The molecule has 0 aromatic heterocycles. The first-order chi connectivity index (χ1) is 8.97. The zero-order chi connectivity index (χ0) is 13.9. The van der Waals surface area contributed by atoms with E-state index >= 15 is 0 Å². The lowest BCUT2D eigenvalue weighted by atomic mass is 9.82. The minimum atomic E-state index is -4.23. The van der Waals surface area contributed by atoms with E-state index < -0.39 is 12.8 Å². The van der Waals surface area contributed by atoms with Gasteiger partial charge in [-0.15, -0.1) is 0 Å². The van der Waals surface area contributed by atoms with E-state index in [0.29, 0.717) is 12.3 Å². The fourth-order valence-corrected chi connectivity index (χ4v) is 3.46. The van der Waals surface area contributed by atoms with Gasteiger partial charge in [0.25, 0.3) is 0 Å². The van der Waals surface area contributed by atoms with Crippen molar-refractivity contribution in [3.63, 3.8) is 0 Å². The Labute approximate surface area is 119 Å². The summed E-state index contributed by atoms with van der Waals surface area (Å²) in [7, 11) is 0. The number of aryl methyl sites for hydroxylation is 1. The minimum Gasteiger partial charge on any atom is -0.372 e. The smallest absolute Gasteiger partial charge is 0.372 e. The molecule has 1 aliphatic carbocycles. The van der Waals surface area contributed by atoms with Crippen LogP contribution in [0.15, 0.2) is 24.3 Å². The van der Waals surface area contributed by atoms with E-state index in [2.05, 4.69) is 28.1 Å². The topological polar surface area (TPSA) is 9.23 Å². The number of ether oxygens (including phenoxy) is 1. The Balaban J connectivity index is 1.84. The van der Waals surface area contributed by atoms with Crippen LogP contribution < -0.4 is 0 Å². The molecule has 106 valence electrons. The summed E-state index contributed by atoms with van der Waals surface area (Å²) in [5.74, 6) is 0.336. The van der Waals surface area contributed by atoms with Crippen molar-refractivity contribution in [1.82, 2.24) is 0 Å². The lowest BCUT2D eigenvalue weighted by molar-refractivity contribution is -0.174. The summed E-state index contributed by atoms with van der Waals surface area (Å²) < 4.78 is 40.6. The molecular weight excluding hydrogens is 321 g/mol. The summed E-state index contributed by atoms with van der Waals surface area (Å²) >= 11 is 3.67. The Bertz CT molecular complexity index is 419. The Kier molecular flexibility index (Phi) is 4.90. The highest BCUT2D eigenvalue weighted by molar-refractivity contribution is 9.09. The highest BCUT2D eigenvalue weighted by Crippen LogP contribution is 2.41. The molecule has 2 atom stereocenters. The monoisotopic (exact) mass is 336 g/mol. The molecule has 0 saturated heterocycles. The maximum absolute atomic E-state index is 12.0. The SMILES string of the molecule is FC(F)(F)COCCC1CCc2ccccc2C1Br. The quantitative estimate of drug-likeness (QED) is 0.574. The Hall–Kier alpha value is -0.550. The van der Waals surface area contributed by atoms with Gasteiger partial charge in [-0.2, -0.15) is 13.2 Å². The third-order valence-corrected chi connectivity index (χ3v) is 4.69. The number of hydrogen-bond donors (Lipinski definition) is 0. The highest BCUT2D eigenvalue weighted by atomic mass is 79.9. The van der Waals surface area contributed by atoms with Crippen LogP contribution in [0.5, 0.6) is 0 Å². The molecule has 2 unspecified atom stereocenters. The van der Waals surface area contributed by atoms with Gasteiger partial charge in [0.15, 0.2) is 0 Å². The summed E-state index contributed by atoms with van der Waals surface area (Å²) in [5.41, 5.74) is 2.59. The molecule has 0 fully saturated rings. The molecule has 5 heteroatoms. The zero-order valence-electron chi connectivity index (χ0n) is 10.4. The van der Waals surface area contributed by atoms with Crippen molar-refractivity contribution < 1.29 is 17.9 Å². The average molecular weight is 337 g/mol. The number of alkyl halides is 4. The summed E-state index contributed by atoms with van der Waals surface area (Å²) in [5, 5.41) is 0. The van der Waals surface area contributed by atoms with Gasteiger partial charge in [0.05, 0.1) is 0 Å². The minimum absolute atomic E-state index is 0.161. The van der Waals surface area contributed by atoms with Crippen molar-refractivity contribution in [2.75, 3.05) is 13.2 Å². The van der Waals surface area contributed by atoms with Gasteiger partial charge >= 0.3 is 6.18 Å². The molecule has 0 bridgehead atoms. The summed E-state index contributed by atoms with van der Waals surface area (Å²) in [6.07, 6.45) is -1.60. The summed E-state index contributed by atoms with van der Waals surface area (Å²) in [6.45, 7) is -0.988. The first-order valence-corrected chi connectivity index (χ1v) is 7.25.